The average Bonchev–Trinajstić information content (AvgIpc) is 3.35. The van der Waals surface area contributed by atoms with Gasteiger partial charge in [-0.05, 0) is 18.4 Å². The second kappa shape index (κ2) is 7.97. The lowest BCUT2D eigenvalue weighted by Crippen LogP contribution is -2.51. The van der Waals surface area contributed by atoms with Gasteiger partial charge in [0.25, 0.3) is 5.91 Å². The summed E-state index contributed by atoms with van der Waals surface area (Å²) in [5.41, 5.74) is 1.17. The molecule has 0 N–H and O–H groups in total. The quantitative estimate of drug-likeness (QED) is 0.808. The van der Waals surface area contributed by atoms with E-state index in [9.17, 15) is 4.79 Å². The maximum Gasteiger partial charge on any atom is 0.251 e. The van der Waals surface area contributed by atoms with Crippen LogP contribution in [0.5, 0.6) is 0 Å². The molecule has 2 aromatic rings. The summed E-state index contributed by atoms with van der Waals surface area (Å²) in [5, 5.41) is 4.08. The van der Waals surface area contributed by atoms with Crippen LogP contribution in [0.2, 0.25) is 0 Å². The van der Waals surface area contributed by atoms with Crippen LogP contribution in [0.4, 0.5) is 0 Å². The molecule has 1 aromatic carbocycles. The Balaban J connectivity index is 1.26. The Hall–Kier alpha value is -2.25. The molecule has 2 saturated heterocycles. The van der Waals surface area contributed by atoms with Gasteiger partial charge < -0.3 is 14.2 Å². The summed E-state index contributed by atoms with van der Waals surface area (Å²) in [4.78, 5) is 21.0. The van der Waals surface area contributed by atoms with Crippen LogP contribution in [-0.2, 0) is 22.5 Å². The maximum atomic E-state index is 12.4. The lowest BCUT2D eigenvalue weighted by atomic mass is 10.1. The molecule has 26 heavy (non-hydrogen) atoms. The third kappa shape index (κ3) is 4.11. The van der Waals surface area contributed by atoms with Crippen molar-refractivity contribution in [1.82, 2.24) is 19.9 Å². The van der Waals surface area contributed by atoms with Crippen LogP contribution in [0.15, 0.2) is 34.9 Å². The minimum Gasteiger partial charge on any atom is -0.368 e. The molecule has 1 amide bonds. The first-order valence-electron chi connectivity index (χ1n) is 9.26. The molecule has 0 aliphatic carbocycles. The maximum absolute atomic E-state index is 12.4. The number of benzene rings is 1. The van der Waals surface area contributed by atoms with Crippen molar-refractivity contribution in [3.8, 4) is 0 Å². The fourth-order valence-electron chi connectivity index (χ4n) is 3.50. The SMILES string of the molecule is O=C(C1CCCO1)N1CCN(Cc2nc(Cc3ccccc3)no2)CC1. The average molecular weight is 356 g/mol. The molecule has 3 heterocycles. The predicted octanol–water partition coefficient (Wildman–Crippen LogP) is 1.48. The van der Waals surface area contributed by atoms with E-state index in [0.29, 0.717) is 31.3 Å². The van der Waals surface area contributed by atoms with Crippen LogP contribution in [0.3, 0.4) is 0 Å². The zero-order valence-electron chi connectivity index (χ0n) is 14.8. The Kier molecular flexibility index (Phi) is 5.26. The molecule has 0 saturated carbocycles. The Morgan fingerprint density at radius 1 is 1.15 bits per heavy atom. The summed E-state index contributed by atoms with van der Waals surface area (Å²) < 4.78 is 10.9. The smallest absolute Gasteiger partial charge is 0.251 e. The third-order valence-corrected chi connectivity index (χ3v) is 4.96. The monoisotopic (exact) mass is 356 g/mol. The van der Waals surface area contributed by atoms with Crippen molar-refractivity contribution in [1.29, 1.82) is 0 Å². The molecule has 4 rings (SSSR count). The van der Waals surface area contributed by atoms with E-state index in [2.05, 4.69) is 27.2 Å². The van der Waals surface area contributed by atoms with Gasteiger partial charge in [-0.1, -0.05) is 35.5 Å². The number of piperazine rings is 1. The third-order valence-electron chi connectivity index (χ3n) is 4.96. The van der Waals surface area contributed by atoms with Gasteiger partial charge in [-0.15, -0.1) is 0 Å². The van der Waals surface area contributed by atoms with Gasteiger partial charge in [0.2, 0.25) is 5.89 Å². The lowest BCUT2D eigenvalue weighted by Gasteiger charge is -2.35. The van der Waals surface area contributed by atoms with Crippen LogP contribution in [0.25, 0.3) is 0 Å². The minimum atomic E-state index is -0.224. The van der Waals surface area contributed by atoms with Gasteiger partial charge >= 0.3 is 0 Å². The summed E-state index contributed by atoms with van der Waals surface area (Å²) in [5.74, 6) is 1.48. The van der Waals surface area contributed by atoms with Crippen molar-refractivity contribution in [2.75, 3.05) is 32.8 Å². The molecule has 0 radical (unpaired) electrons. The standard InChI is InChI=1S/C19H24N4O3/c24-19(16-7-4-12-25-16)23-10-8-22(9-11-23)14-18-20-17(21-26-18)13-15-5-2-1-3-6-15/h1-3,5-6,16H,4,7-14H2. The summed E-state index contributed by atoms with van der Waals surface area (Å²) in [6.07, 6.45) is 2.29. The van der Waals surface area contributed by atoms with E-state index in [1.165, 1.54) is 5.56 Å². The van der Waals surface area contributed by atoms with Crippen molar-refractivity contribution in [2.24, 2.45) is 0 Å². The lowest BCUT2D eigenvalue weighted by molar-refractivity contribution is -0.142. The van der Waals surface area contributed by atoms with E-state index in [4.69, 9.17) is 9.26 Å². The van der Waals surface area contributed by atoms with Gasteiger partial charge in [-0.2, -0.15) is 4.98 Å². The highest BCUT2D eigenvalue weighted by molar-refractivity contribution is 5.81. The van der Waals surface area contributed by atoms with E-state index in [1.54, 1.807) is 0 Å². The first kappa shape index (κ1) is 17.2. The summed E-state index contributed by atoms with van der Waals surface area (Å²) >= 11 is 0. The molecular formula is C19H24N4O3. The molecule has 1 atom stereocenters. The number of carbonyl (C=O) groups excluding carboxylic acids is 1. The largest absolute Gasteiger partial charge is 0.368 e. The van der Waals surface area contributed by atoms with Gasteiger partial charge in [0.15, 0.2) is 5.82 Å². The fourth-order valence-corrected chi connectivity index (χ4v) is 3.50. The predicted molar refractivity (Wildman–Crippen MR) is 94.4 cm³/mol. The first-order valence-corrected chi connectivity index (χ1v) is 9.26. The molecule has 2 aliphatic heterocycles. The van der Waals surface area contributed by atoms with E-state index in [0.717, 1.165) is 39.0 Å². The molecular weight excluding hydrogens is 332 g/mol. The van der Waals surface area contributed by atoms with Crippen LogP contribution in [0.1, 0.15) is 30.1 Å². The number of aromatic nitrogens is 2. The molecule has 7 heteroatoms. The van der Waals surface area contributed by atoms with Crippen molar-refractivity contribution >= 4 is 5.91 Å². The van der Waals surface area contributed by atoms with Crippen molar-refractivity contribution < 1.29 is 14.1 Å². The van der Waals surface area contributed by atoms with Crippen molar-refractivity contribution in [3.63, 3.8) is 0 Å². The number of nitrogens with zero attached hydrogens (tertiary/aromatic N) is 4. The number of hydrogen-bond acceptors (Lipinski definition) is 6. The normalized spacial score (nSPS) is 21.2. The van der Waals surface area contributed by atoms with Gasteiger partial charge in [0.05, 0.1) is 6.54 Å². The number of amides is 1. The van der Waals surface area contributed by atoms with Gasteiger partial charge in [0, 0.05) is 39.2 Å². The van der Waals surface area contributed by atoms with E-state index >= 15 is 0 Å². The number of carbonyl (C=O) groups is 1. The second-order valence-corrected chi connectivity index (χ2v) is 6.87. The van der Waals surface area contributed by atoms with Crippen molar-refractivity contribution in [2.45, 2.75) is 31.9 Å². The number of ether oxygens (including phenoxy) is 1. The number of rotatable bonds is 5. The topological polar surface area (TPSA) is 71.7 Å². The van der Waals surface area contributed by atoms with E-state index < -0.39 is 0 Å². The summed E-state index contributed by atoms with van der Waals surface area (Å²) in [6.45, 7) is 4.42. The Morgan fingerprint density at radius 3 is 2.69 bits per heavy atom. The Bertz CT molecular complexity index is 719. The molecule has 2 aliphatic rings. The molecule has 2 fully saturated rings. The van der Waals surface area contributed by atoms with Gasteiger partial charge in [-0.3, -0.25) is 9.69 Å². The van der Waals surface area contributed by atoms with Crippen LogP contribution < -0.4 is 0 Å². The Labute approximate surface area is 152 Å². The van der Waals surface area contributed by atoms with Gasteiger partial charge in [0.1, 0.15) is 6.10 Å². The zero-order chi connectivity index (χ0) is 17.8. The molecule has 7 nitrogen and oxygen atoms in total. The van der Waals surface area contributed by atoms with Crippen LogP contribution in [0, 0.1) is 0 Å². The minimum absolute atomic E-state index is 0.144. The van der Waals surface area contributed by atoms with E-state index in [1.807, 2.05) is 23.1 Å². The van der Waals surface area contributed by atoms with Crippen LogP contribution in [-0.4, -0.2) is 64.7 Å². The first-order chi connectivity index (χ1) is 12.8. The highest BCUT2D eigenvalue weighted by atomic mass is 16.5. The van der Waals surface area contributed by atoms with Gasteiger partial charge in [-0.25, -0.2) is 0 Å². The van der Waals surface area contributed by atoms with E-state index in [-0.39, 0.29) is 12.0 Å². The number of hydrogen-bond donors (Lipinski definition) is 0. The highest BCUT2D eigenvalue weighted by Gasteiger charge is 2.30. The molecule has 1 aromatic heterocycles. The second-order valence-electron chi connectivity index (χ2n) is 6.87. The summed E-state index contributed by atoms with van der Waals surface area (Å²) in [6, 6.07) is 10.1. The highest BCUT2D eigenvalue weighted by Crippen LogP contribution is 2.16. The molecule has 0 bridgehead atoms. The zero-order valence-corrected chi connectivity index (χ0v) is 14.8. The summed E-state index contributed by atoms with van der Waals surface area (Å²) in [7, 11) is 0. The fraction of sp³-hybridized carbons (Fsp3) is 0.526. The van der Waals surface area contributed by atoms with Crippen molar-refractivity contribution in [3.05, 3.63) is 47.6 Å². The van der Waals surface area contributed by atoms with Crippen LogP contribution >= 0.6 is 0 Å². The molecule has 1 unspecified atom stereocenters. The molecule has 0 spiro atoms. The Morgan fingerprint density at radius 2 is 1.96 bits per heavy atom. The molecule has 138 valence electrons.